The minimum absolute atomic E-state index is 0.728. The SMILES string of the molecule is c1cc2c(o1)CCOC2. The van der Waals surface area contributed by atoms with E-state index in [4.69, 9.17) is 9.15 Å². The lowest BCUT2D eigenvalue weighted by atomic mass is 10.2. The molecule has 0 atom stereocenters. The minimum Gasteiger partial charge on any atom is -0.469 e. The van der Waals surface area contributed by atoms with E-state index in [0.29, 0.717) is 0 Å². The summed E-state index contributed by atoms with van der Waals surface area (Å²) in [6.07, 6.45) is 2.65. The van der Waals surface area contributed by atoms with E-state index in [9.17, 15) is 0 Å². The lowest BCUT2D eigenvalue weighted by Crippen LogP contribution is -2.06. The number of furan rings is 1. The smallest absolute Gasteiger partial charge is 0.111 e. The van der Waals surface area contributed by atoms with Crippen molar-refractivity contribution >= 4 is 0 Å². The van der Waals surface area contributed by atoms with Gasteiger partial charge in [0.2, 0.25) is 0 Å². The first-order valence-corrected chi connectivity index (χ1v) is 3.10. The molecule has 48 valence electrons. The molecule has 0 saturated heterocycles. The molecule has 0 radical (unpaired) electrons. The van der Waals surface area contributed by atoms with Crippen LogP contribution in [0.15, 0.2) is 16.7 Å². The van der Waals surface area contributed by atoms with Crippen LogP contribution in [0.4, 0.5) is 0 Å². The van der Waals surface area contributed by atoms with Crippen molar-refractivity contribution in [2.24, 2.45) is 0 Å². The fourth-order valence-corrected chi connectivity index (χ4v) is 1.06. The van der Waals surface area contributed by atoms with Crippen molar-refractivity contribution in [2.45, 2.75) is 13.0 Å². The highest BCUT2D eigenvalue weighted by Gasteiger charge is 2.10. The van der Waals surface area contributed by atoms with Gasteiger partial charge < -0.3 is 9.15 Å². The molecule has 0 saturated carbocycles. The first-order valence-electron chi connectivity index (χ1n) is 3.10. The Balaban J connectivity index is 2.39. The maximum Gasteiger partial charge on any atom is 0.111 e. The van der Waals surface area contributed by atoms with Crippen molar-refractivity contribution in [1.82, 2.24) is 0 Å². The van der Waals surface area contributed by atoms with Crippen LogP contribution >= 0.6 is 0 Å². The molecule has 0 bridgehead atoms. The molecule has 0 aromatic carbocycles. The third kappa shape index (κ3) is 0.754. The molecule has 2 nitrogen and oxygen atoms in total. The predicted octanol–water partition coefficient (Wildman–Crippen LogP) is 1.35. The molecule has 1 aromatic heterocycles. The Morgan fingerprint density at radius 3 is 3.33 bits per heavy atom. The summed E-state index contributed by atoms with van der Waals surface area (Å²) in [5.41, 5.74) is 1.21. The molecule has 2 heteroatoms. The molecule has 0 fully saturated rings. The number of fused-ring (bicyclic) bond motifs is 1. The van der Waals surface area contributed by atoms with Crippen LogP contribution in [0.5, 0.6) is 0 Å². The summed E-state index contributed by atoms with van der Waals surface area (Å²) < 4.78 is 10.4. The Labute approximate surface area is 53.4 Å². The van der Waals surface area contributed by atoms with Gasteiger partial charge in [-0.3, -0.25) is 0 Å². The summed E-state index contributed by atoms with van der Waals surface area (Å²) in [6, 6.07) is 1.97. The highest BCUT2D eigenvalue weighted by atomic mass is 16.5. The van der Waals surface area contributed by atoms with Crippen molar-refractivity contribution in [3.05, 3.63) is 23.7 Å². The number of hydrogen-bond acceptors (Lipinski definition) is 2. The van der Waals surface area contributed by atoms with Gasteiger partial charge in [0.15, 0.2) is 0 Å². The van der Waals surface area contributed by atoms with E-state index in [0.717, 1.165) is 25.4 Å². The van der Waals surface area contributed by atoms with Crippen molar-refractivity contribution < 1.29 is 9.15 Å². The second-order valence-electron chi connectivity index (χ2n) is 2.17. The average molecular weight is 124 g/mol. The van der Waals surface area contributed by atoms with Crippen LogP contribution in [0, 0.1) is 0 Å². The standard InChI is InChI=1S/C7H8O2/c1-4-9-7-2-3-8-5-6(1)7/h1,4H,2-3,5H2. The lowest BCUT2D eigenvalue weighted by Gasteiger charge is -2.08. The molecule has 0 N–H and O–H groups in total. The van der Waals surface area contributed by atoms with Gasteiger partial charge in [-0.2, -0.15) is 0 Å². The van der Waals surface area contributed by atoms with Gasteiger partial charge in [-0.25, -0.2) is 0 Å². The van der Waals surface area contributed by atoms with Crippen molar-refractivity contribution in [3.8, 4) is 0 Å². The molecule has 0 aliphatic carbocycles. The molecule has 1 aliphatic heterocycles. The topological polar surface area (TPSA) is 22.4 Å². The highest BCUT2D eigenvalue weighted by molar-refractivity contribution is 5.17. The van der Waals surface area contributed by atoms with E-state index in [2.05, 4.69) is 0 Å². The average Bonchev–Trinajstić information content (AvgIpc) is 2.33. The number of rotatable bonds is 0. The fraction of sp³-hybridized carbons (Fsp3) is 0.429. The van der Waals surface area contributed by atoms with Gasteiger partial charge in [0.05, 0.1) is 19.5 Å². The first-order chi connectivity index (χ1) is 4.47. The van der Waals surface area contributed by atoms with Crippen LogP contribution in [-0.2, 0) is 17.8 Å². The maximum absolute atomic E-state index is 5.19. The summed E-state index contributed by atoms with van der Waals surface area (Å²) in [5.74, 6) is 1.10. The maximum atomic E-state index is 5.19. The van der Waals surface area contributed by atoms with E-state index >= 15 is 0 Å². The summed E-state index contributed by atoms with van der Waals surface area (Å²) in [6.45, 7) is 1.53. The molecule has 0 spiro atoms. The van der Waals surface area contributed by atoms with Crippen LogP contribution in [0.25, 0.3) is 0 Å². The third-order valence-electron chi connectivity index (χ3n) is 1.57. The summed E-state index contributed by atoms with van der Waals surface area (Å²) in [7, 11) is 0. The van der Waals surface area contributed by atoms with Gasteiger partial charge >= 0.3 is 0 Å². The zero-order valence-corrected chi connectivity index (χ0v) is 5.09. The Hall–Kier alpha value is -0.760. The zero-order valence-electron chi connectivity index (χ0n) is 5.09. The van der Waals surface area contributed by atoms with Gasteiger partial charge in [-0.05, 0) is 6.07 Å². The van der Waals surface area contributed by atoms with Crippen LogP contribution in [0.2, 0.25) is 0 Å². The Morgan fingerprint density at radius 1 is 1.44 bits per heavy atom. The van der Waals surface area contributed by atoms with E-state index in [-0.39, 0.29) is 0 Å². The molecular formula is C7H8O2. The van der Waals surface area contributed by atoms with Crippen molar-refractivity contribution in [3.63, 3.8) is 0 Å². The number of ether oxygens (including phenoxy) is 1. The summed E-state index contributed by atoms with van der Waals surface area (Å²) in [5, 5.41) is 0. The quantitative estimate of drug-likeness (QED) is 0.521. The van der Waals surface area contributed by atoms with Crippen LogP contribution < -0.4 is 0 Å². The van der Waals surface area contributed by atoms with Crippen LogP contribution in [-0.4, -0.2) is 6.61 Å². The molecule has 2 rings (SSSR count). The van der Waals surface area contributed by atoms with Crippen molar-refractivity contribution in [1.29, 1.82) is 0 Å². The van der Waals surface area contributed by atoms with Gasteiger partial charge in [-0.1, -0.05) is 0 Å². The second-order valence-corrected chi connectivity index (χ2v) is 2.17. The molecule has 0 amide bonds. The van der Waals surface area contributed by atoms with E-state index < -0.39 is 0 Å². The molecule has 2 heterocycles. The number of hydrogen-bond donors (Lipinski definition) is 0. The molecule has 9 heavy (non-hydrogen) atoms. The van der Waals surface area contributed by atoms with Gasteiger partial charge in [0.1, 0.15) is 5.76 Å². The monoisotopic (exact) mass is 124 g/mol. The molecular weight excluding hydrogens is 116 g/mol. The third-order valence-corrected chi connectivity index (χ3v) is 1.57. The highest BCUT2D eigenvalue weighted by Crippen LogP contribution is 2.16. The summed E-state index contributed by atoms with van der Waals surface area (Å²) >= 11 is 0. The zero-order chi connectivity index (χ0) is 6.10. The van der Waals surface area contributed by atoms with Crippen molar-refractivity contribution in [2.75, 3.05) is 6.61 Å². The molecule has 0 unspecified atom stereocenters. The van der Waals surface area contributed by atoms with E-state index in [1.54, 1.807) is 6.26 Å². The van der Waals surface area contributed by atoms with Gasteiger partial charge in [0.25, 0.3) is 0 Å². The first kappa shape index (κ1) is 5.06. The Bertz CT molecular complexity index is 182. The summed E-state index contributed by atoms with van der Waals surface area (Å²) in [4.78, 5) is 0. The van der Waals surface area contributed by atoms with E-state index in [1.807, 2.05) is 6.07 Å². The Kier molecular flexibility index (Phi) is 1.06. The fourth-order valence-electron chi connectivity index (χ4n) is 1.06. The van der Waals surface area contributed by atoms with Gasteiger partial charge in [-0.15, -0.1) is 0 Å². The van der Waals surface area contributed by atoms with Crippen LogP contribution in [0.3, 0.4) is 0 Å². The molecule has 1 aromatic rings. The van der Waals surface area contributed by atoms with E-state index in [1.165, 1.54) is 5.56 Å². The predicted molar refractivity (Wildman–Crippen MR) is 32.1 cm³/mol. The van der Waals surface area contributed by atoms with Crippen LogP contribution in [0.1, 0.15) is 11.3 Å². The minimum atomic E-state index is 0.728. The lowest BCUT2D eigenvalue weighted by molar-refractivity contribution is 0.104. The molecule has 1 aliphatic rings. The second kappa shape index (κ2) is 1.88. The largest absolute Gasteiger partial charge is 0.469 e. The normalized spacial score (nSPS) is 17.3. The van der Waals surface area contributed by atoms with Gasteiger partial charge in [0, 0.05) is 12.0 Å². The Morgan fingerprint density at radius 2 is 2.44 bits per heavy atom.